The Morgan fingerprint density at radius 3 is 0.921 bits per heavy atom. The topological polar surface area (TPSA) is 134 Å². The summed E-state index contributed by atoms with van der Waals surface area (Å²) in [4.78, 5) is 35.4. The third-order valence-corrected chi connectivity index (χ3v) is 17.4. The minimum absolute atomic E-state index is 0.0511. The molecule has 9 nitrogen and oxygen atoms in total. The van der Waals surface area contributed by atoms with Gasteiger partial charge in [-0.2, -0.15) is 0 Å². The number of unbranched alkanes of at least 4 members (excludes halogenated alkanes) is 42. The number of esters is 2. The van der Waals surface area contributed by atoms with E-state index in [0.717, 1.165) is 89.9 Å². The number of carbonyl (C=O) groups is 2. The molecule has 89 heavy (non-hydrogen) atoms. The Labute approximate surface area is 550 Å². The zero-order valence-corrected chi connectivity index (χ0v) is 59.1. The van der Waals surface area contributed by atoms with Crippen molar-refractivity contribution in [3.05, 3.63) is 97.2 Å². The molecule has 0 aliphatic rings. The van der Waals surface area contributed by atoms with E-state index in [1.807, 2.05) is 0 Å². The van der Waals surface area contributed by atoms with Crippen LogP contribution in [0.5, 0.6) is 0 Å². The maximum absolute atomic E-state index is 12.8. The van der Waals surface area contributed by atoms with Crippen molar-refractivity contribution in [2.45, 2.75) is 367 Å². The van der Waals surface area contributed by atoms with Crippen LogP contribution in [0.3, 0.4) is 0 Å². The Hall–Kier alpha value is -3.07. The van der Waals surface area contributed by atoms with Gasteiger partial charge in [-0.05, 0) is 96.3 Å². The quantitative estimate of drug-likeness (QED) is 0.0264. The van der Waals surface area contributed by atoms with E-state index >= 15 is 0 Å². The minimum Gasteiger partial charge on any atom is -0.462 e. The summed E-state index contributed by atoms with van der Waals surface area (Å²) in [5, 5.41) is 0. The van der Waals surface area contributed by atoms with E-state index in [-0.39, 0.29) is 38.6 Å². The molecule has 10 heteroatoms. The first kappa shape index (κ1) is 85.9. The Balaban J connectivity index is 3.79. The largest absolute Gasteiger partial charge is 0.472 e. The first-order valence-corrected chi connectivity index (χ1v) is 39.2. The highest BCUT2D eigenvalue weighted by Crippen LogP contribution is 2.43. The molecule has 0 heterocycles. The molecule has 0 aromatic heterocycles. The number of phosphoric ester groups is 1. The van der Waals surface area contributed by atoms with E-state index in [9.17, 15) is 19.0 Å². The SMILES string of the molecule is CC/C=C\C/C=C\C/C=C\C/C=C\C/C=C\CCCCCCCCCCCCCC(=O)OC(COC(=O)CCCCCCCCCCCCCCCCCCCCCCCCCCCC/C=C\C/C=C\C/C=C\CCCCCCC)COP(=O)(O)OCCN. The Bertz CT molecular complexity index is 1780. The number of hydrogen-bond acceptors (Lipinski definition) is 8. The second kappa shape index (κ2) is 74.0. The van der Waals surface area contributed by atoms with Crippen LogP contribution in [0.25, 0.3) is 0 Å². The van der Waals surface area contributed by atoms with Gasteiger partial charge < -0.3 is 20.1 Å². The van der Waals surface area contributed by atoms with E-state index in [0.29, 0.717) is 6.42 Å². The second-order valence-electron chi connectivity index (χ2n) is 25.1. The second-order valence-corrected chi connectivity index (χ2v) is 26.6. The molecule has 3 N–H and O–H groups in total. The molecule has 2 atom stereocenters. The summed E-state index contributed by atoms with van der Waals surface area (Å²) in [6, 6.07) is 0. The third-order valence-electron chi connectivity index (χ3n) is 16.5. The number of hydrogen-bond donors (Lipinski definition) is 2. The molecule has 0 amide bonds. The third kappa shape index (κ3) is 73.9. The molecule has 0 aromatic carbocycles. The van der Waals surface area contributed by atoms with Crippen molar-refractivity contribution >= 4 is 19.8 Å². The maximum atomic E-state index is 12.8. The van der Waals surface area contributed by atoms with Gasteiger partial charge in [0.2, 0.25) is 0 Å². The summed E-state index contributed by atoms with van der Waals surface area (Å²) in [5.74, 6) is -0.819. The van der Waals surface area contributed by atoms with Crippen molar-refractivity contribution < 1.29 is 37.6 Å². The fourth-order valence-corrected chi connectivity index (χ4v) is 11.7. The average Bonchev–Trinajstić information content (AvgIpc) is 3.64. The van der Waals surface area contributed by atoms with Crippen molar-refractivity contribution in [1.29, 1.82) is 0 Å². The molecule has 0 saturated heterocycles. The van der Waals surface area contributed by atoms with Gasteiger partial charge >= 0.3 is 19.8 Å². The van der Waals surface area contributed by atoms with Gasteiger partial charge in [-0.15, -0.1) is 0 Å². The van der Waals surface area contributed by atoms with Crippen LogP contribution < -0.4 is 5.73 Å². The number of rotatable bonds is 71. The number of nitrogens with two attached hydrogens (primary N) is 1. The van der Waals surface area contributed by atoms with Crippen LogP contribution >= 0.6 is 7.82 Å². The number of allylic oxidation sites excluding steroid dienone is 16. The Morgan fingerprint density at radius 1 is 0.348 bits per heavy atom. The van der Waals surface area contributed by atoms with Gasteiger partial charge in [-0.1, -0.05) is 349 Å². The van der Waals surface area contributed by atoms with E-state index in [1.165, 1.54) is 238 Å². The molecule has 0 bridgehead atoms. The van der Waals surface area contributed by atoms with Gasteiger partial charge in [0.05, 0.1) is 13.2 Å². The van der Waals surface area contributed by atoms with Crippen LogP contribution in [0.15, 0.2) is 97.2 Å². The summed E-state index contributed by atoms with van der Waals surface area (Å²) in [7, 11) is -4.40. The van der Waals surface area contributed by atoms with Crippen LogP contribution in [0.1, 0.15) is 361 Å². The van der Waals surface area contributed by atoms with Gasteiger partial charge in [0.15, 0.2) is 6.10 Å². The van der Waals surface area contributed by atoms with E-state index in [4.69, 9.17) is 24.3 Å². The normalized spacial score (nSPS) is 13.4. The monoisotopic (exact) mass is 1260 g/mol. The zero-order valence-electron chi connectivity index (χ0n) is 58.2. The molecule has 0 fully saturated rings. The van der Waals surface area contributed by atoms with Crippen molar-refractivity contribution in [2.75, 3.05) is 26.4 Å². The molecule has 0 aliphatic carbocycles. The molecular weight excluding hydrogens is 1120 g/mol. The highest BCUT2D eigenvalue weighted by molar-refractivity contribution is 7.47. The van der Waals surface area contributed by atoms with Crippen molar-refractivity contribution in [3.63, 3.8) is 0 Å². The summed E-state index contributed by atoms with van der Waals surface area (Å²) in [6.07, 6.45) is 101. The van der Waals surface area contributed by atoms with Crippen LogP contribution in [0.4, 0.5) is 0 Å². The molecule has 0 saturated carbocycles. The van der Waals surface area contributed by atoms with Crippen molar-refractivity contribution in [2.24, 2.45) is 5.73 Å². The highest BCUT2D eigenvalue weighted by atomic mass is 31.2. The van der Waals surface area contributed by atoms with Crippen molar-refractivity contribution in [3.8, 4) is 0 Å². The van der Waals surface area contributed by atoms with Gasteiger partial charge in [0.1, 0.15) is 6.61 Å². The first-order valence-electron chi connectivity index (χ1n) is 37.7. The van der Waals surface area contributed by atoms with E-state index < -0.39 is 26.5 Å². The fourth-order valence-electron chi connectivity index (χ4n) is 10.9. The number of ether oxygens (including phenoxy) is 2. The lowest BCUT2D eigenvalue weighted by Gasteiger charge is -2.19. The highest BCUT2D eigenvalue weighted by Gasteiger charge is 2.26. The molecular formula is C79H142NO8P. The standard InChI is InChI=1S/C79H142NO8P/c1-3-5-7-9-11-13-15-17-19-21-23-25-27-29-31-32-33-34-35-36-37-38-39-40-41-42-43-44-46-47-49-51-53-55-57-59-61-63-65-67-69-71-78(81)85-75-77(76-87-89(83,84)86-74-73-80)88-79(82)72-70-68-66-64-62-60-58-56-54-52-50-48-45-30-28-26-24-22-20-18-16-14-12-10-8-6-4-2/h6,8,12,14-15,17-18,20-21,23-24,26-27,29-30,45,77H,3-5,7,9-11,13,16,19,22,25,28,31-44,46-76,80H2,1-2H3,(H,83,84)/b8-6-,14-12-,17-15-,20-18-,23-21-,26-24-,29-27-,45-30-. The van der Waals surface area contributed by atoms with Gasteiger partial charge in [0.25, 0.3) is 0 Å². The average molecular weight is 1260 g/mol. The van der Waals surface area contributed by atoms with Crippen LogP contribution in [-0.4, -0.2) is 49.3 Å². The van der Waals surface area contributed by atoms with Gasteiger partial charge in [0, 0.05) is 19.4 Å². The zero-order chi connectivity index (χ0) is 64.4. The molecule has 0 aliphatic heterocycles. The summed E-state index contributed by atoms with van der Waals surface area (Å²) in [6.45, 7) is 3.66. The lowest BCUT2D eigenvalue weighted by molar-refractivity contribution is -0.161. The van der Waals surface area contributed by atoms with Crippen molar-refractivity contribution in [1.82, 2.24) is 0 Å². The molecule has 0 spiro atoms. The summed E-state index contributed by atoms with van der Waals surface area (Å²) in [5.41, 5.74) is 5.41. The summed E-state index contributed by atoms with van der Waals surface area (Å²) < 4.78 is 33.2. The van der Waals surface area contributed by atoms with E-state index in [2.05, 4.69) is 111 Å². The predicted molar refractivity (Wildman–Crippen MR) is 385 cm³/mol. The Kier molecular flexibility index (Phi) is 71.4. The lowest BCUT2D eigenvalue weighted by Crippen LogP contribution is -2.29. The fraction of sp³-hybridized carbons (Fsp3) is 0.772. The Morgan fingerprint density at radius 2 is 0.618 bits per heavy atom. The minimum atomic E-state index is -4.40. The lowest BCUT2D eigenvalue weighted by atomic mass is 10.0. The van der Waals surface area contributed by atoms with Crippen LogP contribution in [0.2, 0.25) is 0 Å². The number of phosphoric acid groups is 1. The smallest absolute Gasteiger partial charge is 0.462 e. The molecule has 516 valence electrons. The van der Waals surface area contributed by atoms with Gasteiger partial charge in [-0.3, -0.25) is 18.6 Å². The first-order chi connectivity index (χ1) is 43.8. The number of carbonyl (C=O) groups excluding carboxylic acids is 2. The molecule has 2 unspecified atom stereocenters. The maximum Gasteiger partial charge on any atom is 0.472 e. The molecule has 0 aromatic rings. The van der Waals surface area contributed by atoms with Crippen LogP contribution in [0, 0.1) is 0 Å². The van der Waals surface area contributed by atoms with E-state index in [1.54, 1.807) is 0 Å². The van der Waals surface area contributed by atoms with Gasteiger partial charge in [-0.25, -0.2) is 4.57 Å². The summed E-state index contributed by atoms with van der Waals surface area (Å²) >= 11 is 0. The molecule has 0 radical (unpaired) electrons. The predicted octanol–water partition coefficient (Wildman–Crippen LogP) is 25.1. The molecule has 0 rings (SSSR count). The van der Waals surface area contributed by atoms with Crippen LogP contribution in [-0.2, 0) is 32.7 Å².